The molecule has 0 saturated carbocycles. The third-order valence-corrected chi connectivity index (χ3v) is 3.22. The standard InChI is InChI=1S/C13H26FO3P/c1-12(17-18)13(15)16-11-9-7-5-3-2-4-6-8-10-14/h12H,2-11,18H2,1H3. The van der Waals surface area contributed by atoms with Gasteiger partial charge in [-0.25, -0.2) is 4.79 Å². The molecular formula is C13H26FO3P. The molecule has 0 aromatic carbocycles. The molecule has 0 aliphatic carbocycles. The Labute approximate surface area is 112 Å². The number of halogens is 1. The molecule has 0 aromatic heterocycles. The molecule has 0 bridgehead atoms. The van der Waals surface area contributed by atoms with E-state index < -0.39 is 6.10 Å². The number of unbranched alkanes of at least 4 members (excludes halogenated alkanes) is 7. The molecule has 0 aromatic rings. The second-order valence-electron chi connectivity index (χ2n) is 4.46. The molecule has 2 atom stereocenters. The van der Waals surface area contributed by atoms with Gasteiger partial charge in [0.25, 0.3) is 0 Å². The lowest BCUT2D eigenvalue weighted by Crippen LogP contribution is -2.20. The van der Waals surface area contributed by atoms with Gasteiger partial charge >= 0.3 is 5.97 Å². The summed E-state index contributed by atoms with van der Waals surface area (Å²) in [6.07, 6.45) is 7.82. The highest BCUT2D eigenvalue weighted by Crippen LogP contribution is 2.09. The van der Waals surface area contributed by atoms with Crippen LogP contribution >= 0.6 is 9.47 Å². The first kappa shape index (κ1) is 17.8. The summed E-state index contributed by atoms with van der Waals surface area (Å²) in [6, 6.07) is 0. The molecule has 0 heterocycles. The zero-order chi connectivity index (χ0) is 13.6. The van der Waals surface area contributed by atoms with Gasteiger partial charge in [0, 0.05) is 9.47 Å². The summed E-state index contributed by atoms with van der Waals surface area (Å²) < 4.78 is 21.6. The Kier molecular flexibility index (Phi) is 13.1. The van der Waals surface area contributed by atoms with Gasteiger partial charge in [-0.1, -0.05) is 38.5 Å². The van der Waals surface area contributed by atoms with Crippen LogP contribution in [0, 0.1) is 0 Å². The first-order valence-electron chi connectivity index (χ1n) is 6.80. The van der Waals surface area contributed by atoms with Crippen LogP contribution in [-0.2, 0) is 14.1 Å². The van der Waals surface area contributed by atoms with E-state index in [0.717, 1.165) is 32.1 Å². The first-order valence-corrected chi connectivity index (χ1v) is 7.27. The van der Waals surface area contributed by atoms with E-state index in [1.807, 2.05) is 0 Å². The van der Waals surface area contributed by atoms with Crippen LogP contribution in [0.3, 0.4) is 0 Å². The van der Waals surface area contributed by atoms with E-state index in [1.54, 1.807) is 6.92 Å². The lowest BCUT2D eigenvalue weighted by atomic mass is 10.1. The van der Waals surface area contributed by atoms with Gasteiger partial charge in [0.15, 0.2) is 6.10 Å². The van der Waals surface area contributed by atoms with Crippen molar-refractivity contribution in [2.75, 3.05) is 13.3 Å². The van der Waals surface area contributed by atoms with Gasteiger partial charge in [0.2, 0.25) is 0 Å². The SMILES string of the molecule is CC(OP)C(=O)OCCCCCCCCCCF. The number of alkyl halides is 1. The fourth-order valence-corrected chi connectivity index (χ4v) is 1.71. The summed E-state index contributed by atoms with van der Waals surface area (Å²) in [5, 5.41) is 0. The Balaban J connectivity index is 3.14. The minimum Gasteiger partial charge on any atom is -0.464 e. The maximum atomic E-state index is 11.8. The van der Waals surface area contributed by atoms with Gasteiger partial charge < -0.3 is 9.26 Å². The summed E-state index contributed by atoms with van der Waals surface area (Å²) in [7, 11) is 2.06. The summed E-state index contributed by atoms with van der Waals surface area (Å²) >= 11 is 0. The minimum atomic E-state index is -0.509. The second kappa shape index (κ2) is 13.2. The molecule has 5 heteroatoms. The van der Waals surface area contributed by atoms with Gasteiger partial charge in [0.05, 0.1) is 13.3 Å². The van der Waals surface area contributed by atoms with Crippen molar-refractivity contribution in [2.45, 2.75) is 64.4 Å². The highest BCUT2D eigenvalue weighted by molar-refractivity contribution is 7.09. The van der Waals surface area contributed by atoms with E-state index in [2.05, 4.69) is 9.47 Å². The van der Waals surface area contributed by atoms with E-state index >= 15 is 0 Å². The monoisotopic (exact) mass is 280 g/mol. The third kappa shape index (κ3) is 10.9. The largest absolute Gasteiger partial charge is 0.464 e. The zero-order valence-corrected chi connectivity index (χ0v) is 12.5. The van der Waals surface area contributed by atoms with Crippen molar-refractivity contribution in [3.63, 3.8) is 0 Å². The van der Waals surface area contributed by atoms with Crippen LogP contribution in [0.2, 0.25) is 0 Å². The minimum absolute atomic E-state index is 0.191. The highest BCUT2D eigenvalue weighted by Gasteiger charge is 2.12. The average molecular weight is 280 g/mol. The number of carbonyl (C=O) groups is 1. The zero-order valence-electron chi connectivity index (χ0n) is 11.3. The topological polar surface area (TPSA) is 35.5 Å². The fraction of sp³-hybridized carbons (Fsp3) is 0.923. The van der Waals surface area contributed by atoms with Gasteiger partial charge in [-0.05, 0) is 19.8 Å². The van der Waals surface area contributed by atoms with Crippen molar-refractivity contribution in [1.82, 2.24) is 0 Å². The molecule has 0 fully saturated rings. The molecule has 0 aliphatic rings. The predicted octanol–water partition coefficient (Wildman–Crippen LogP) is 3.82. The highest BCUT2D eigenvalue weighted by atomic mass is 31.0. The van der Waals surface area contributed by atoms with Gasteiger partial charge in [-0.15, -0.1) is 0 Å². The summed E-state index contributed by atoms with van der Waals surface area (Å²) in [5.41, 5.74) is 0. The molecule has 0 spiro atoms. The van der Waals surface area contributed by atoms with E-state index in [0.29, 0.717) is 13.0 Å². The van der Waals surface area contributed by atoms with Crippen LogP contribution in [0.5, 0.6) is 0 Å². The molecule has 108 valence electrons. The normalized spacial score (nSPS) is 12.4. The van der Waals surface area contributed by atoms with E-state index in [-0.39, 0.29) is 12.6 Å². The first-order chi connectivity index (χ1) is 8.72. The van der Waals surface area contributed by atoms with Crippen molar-refractivity contribution in [3.8, 4) is 0 Å². The maximum absolute atomic E-state index is 11.8. The van der Waals surface area contributed by atoms with Gasteiger partial charge in [-0.2, -0.15) is 0 Å². The molecule has 2 unspecified atom stereocenters. The number of hydrogen-bond donors (Lipinski definition) is 0. The van der Waals surface area contributed by atoms with E-state index in [4.69, 9.17) is 9.26 Å². The molecular weight excluding hydrogens is 254 g/mol. The maximum Gasteiger partial charge on any atom is 0.335 e. The summed E-state index contributed by atoms with van der Waals surface area (Å²) in [5.74, 6) is -0.309. The van der Waals surface area contributed by atoms with Crippen molar-refractivity contribution >= 4 is 15.4 Å². The number of carbonyl (C=O) groups excluding carboxylic acids is 1. The quantitative estimate of drug-likeness (QED) is 0.310. The van der Waals surface area contributed by atoms with Crippen molar-refractivity contribution < 1.29 is 18.4 Å². The lowest BCUT2D eigenvalue weighted by Gasteiger charge is -2.09. The smallest absolute Gasteiger partial charge is 0.335 e. The Morgan fingerprint density at radius 2 is 1.56 bits per heavy atom. The number of esters is 1. The Morgan fingerprint density at radius 1 is 1.06 bits per heavy atom. The lowest BCUT2D eigenvalue weighted by molar-refractivity contribution is -0.150. The average Bonchev–Trinajstić information content (AvgIpc) is 2.39. The van der Waals surface area contributed by atoms with Gasteiger partial charge in [0.1, 0.15) is 0 Å². The Morgan fingerprint density at radius 3 is 2.06 bits per heavy atom. The Bertz CT molecular complexity index is 203. The molecule has 0 N–H and O–H groups in total. The molecule has 0 radical (unpaired) electrons. The third-order valence-electron chi connectivity index (χ3n) is 2.81. The predicted molar refractivity (Wildman–Crippen MR) is 74.1 cm³/mol. The summed E-state index contributed by atoms with van der Waals surface area (Å²) in [6.45, 7) is 1.94. The molecule has 0 aliphatic heterocycles. The molecule has 0 saturated heterocycles. The van der Waals surface area contributed by atoms with E-state index in [1.165, 1.54) is 12.8 Å². The summed E-state index contributed by atoms with van der Waals surface area (Å²) in [4.78, 5) is 11.2. The van der Waals surface area contributed by atoms with E-state index in [9.17, 15) is 9.18 Å². The number of ether oxygens (including phenoxy) is 1. The van der Waals surface area contributed by atoms with Crippen LogP contribution in [0.4, 0.5) is 4.39 Å². The molecule has 0 amide bonds. The van der Waals surface area contributed by atoms with Crippen LogP contribution in [0.15, 0.2) is 0 Å². The number of hydrogen-bond acceptors (Lipinski definition) is 3. The van der Waals surface area contributed by atoms with Crippen LogP contribution < -0.4 is 0 Å². The van der Waals surface area contributed by atoms with Crippen molar-refractivity contribution in [3.05, 3.63) is 0 Å². The van der Waals surface area contributed by atoms with Crippen molar-refractivity contribution in [1.29, 1.82) is 0 Å². The van der Waals surface area contributed by atoms with Crippen LogP contribution in [0.1, 0.15) is 58.3 Å². The second-order valence-corrected chi connectivity index (χ2v) is 4.74. The molecule has 18 heavy (non-hydrogen) atoms. The Hall–Kier alpha value is -0.210. The molecule has 3 nitrogen and oxygen atoms in total. The van der Waals surface area contributed by atoms with Crippen LogP contribution in [0.25, 0.3) is 0 Å². The fourth-order valence-electron chi connectivity index (χ4n) is 1.60. The van der Waals surface area contributed by atoms with Crippen molar-refractivity contribution in [2.24, 2.45) is 0 Å². The number of rotatable bonds is 12. The van der Waals surface area contributed by atoms with Gasteiger partial charge in [-0.3, -0.25) is 4.39 Å². The van der Waals surface area contributed by atoms with Crippen LogP contribution in [-0.4, -0.2) is 25.4 Å². The molecule has 0 rings (SSSR count).